The predicted molar refractivity (Wildman–Crippen MR) is 134 cm³/mol. The Morgan fingerprint density at radius 1 is 0.875 bits per heavy atom. The average Bonchev–Trinajstić information content (AvgIpc) is 2.72. The van der Waals surface area contributed by atoms with E-state index < -0.39 is 5.97 Å². The highest BCUT2D eigenvalue weighted by atomic mass is 16.5. The van der Waals surface area contributed by atoms with Crippen molar-refractivity contribution in [1.82, 2.24) is 0 Å². The second-order valence-electron chi connectivity index (χ2n) is 10.1. The van der Waals surface area contributed by atoms with Gasteiger partial charge in [-0.15, -0.1) is 0 Å². The molecule has 0 unspecified atom stereocenters. The van der Waals surface area contributed by atoms with E-state index in [9.17, 15) is 4.79 Å². The van der Waals surface area contributed by atoms with E-state index in [-0.39, 0.29) is 6.61 Å². The number of aryl methyl sites for hydroxylation is 1. The van der Waals surface area contributed by atoms with Crippen molar-refractivity contribution in [2.45, 2.75) is 106 Å². The molecule has 0 aliphatic rings. The topological polar surface area (TPSA) is 55.8 Å². The smallest absolute Gasteiger partial charge is 0.341 e. The van der Waals surface area contributed by atoms with E-state index in [1.54, 1.807) is 0 Å². The van der Waals surface area contributed by atoms with Crippen LogP contribution in [0.4, 0.5) is 0 Å². The van der Waals surface area contributed by atoms with Gasteiger partial charge in [-0.1, -0.05) is 73.1 Å². The summed E-state index contributed by atoms with van der Waals surface area (Å²) in [7, 11) is 0. The lowest BCUT2D eigenvalue weighted by molar-refractivity contribution is -0.139. The van der Waals surface area contributed by atoms with Crippen LogP contribution < -0.4 is 9.47 Å². The van der Waals surface area contributed by atoms with Gasteiger partial charge in [0.2, 0.25) is 0 Å². The van der Waals surface area contributed by atoms with Crippen molar-refractivity contribution in [2.24, 2.45) is 17.8 Å². The number of rotatable bonds is 17. The molecule has 4 nitrogen and oxygen atoms in total. The van der Waals surface area contributed by atoms with Gasteiger partial charge in [-0.05, 0) is 73.6 Å². The van der Waals surface area contributed by atoms with Crippen LogP contribution >= 0.6 is 0 Å². The fourth-order valence-corrected chi connectivity index (χ4v) is 4.26. The molecule has 0 saturated carbocycles. The summed E-state index contributed by atoms with van der Waals surface area (Å²) >= 11 is 0. The van der Waals surface area contributed by atoms with Crippen LogP contribution in [-0.2, 0) is 11.2 Å². The lowest BCUT2D eigenvalue weighted by Gasteiger charge is -2.19. The highest BCUT2D eigenvalue weighted by molar-refractivity contribution is 5.68. The number of hydrogen-bond acceptors (Lipinski definition) is 3. The first-order chi connectivity index (χ1) is 15.1. The molecule has 0 aromatic heterocycles. The maximum atomic E-state index is 10.8. The zero-order valence-corrected chi connectivity index (χ0v) is 21.8. The number of benzene rings is 1. The normalized spacial score (nSPS) is 13.2. The maximum absolute atomic E-state index is 10.8. The highest BCUT2D eigenvalue weighted by Gasteiger charge is 2.15. The van der Waals surface area contributed by atoms with Crippen molar-refractivity contribution in [3.05, 3.63) is 22.8 Å². The number of carboxylic acids is 1. The van der Waals surface area contributed by atoms with Crippen molar-refractivity contribution in [2.75, 3.05) is 13.2 Å². The lowest BCUT2D eigenvalue weighted by Crippen LogP contribution is -2.11. The monoisotopic (exact) mass is 448 g/mol. The molecule has 0 fully saturated rings. The molecule has 32 heavy (non-hydrogen) atoms. The van der Waals surface area contributed by atoms with E-state index in [2.05, 4.69) is 34.6 Å². The van der Waals surface area contributed by atoms with Crippen LogP contribution in [0, 0.1) is 31.6 Å². The van der Waals surface area contributed by atoms with E-state index >= 15 is 0 Å². The molecule has 0 radical (unpaired) electrons. The van der Waals surface area contributed by atoms with Gasteiger partial charge in [0.15, 0.2) is 6.61 Å². The van der Waals surface area contributed by atoms with Gasteiger partial charge in [-0.2, -0.15) is 0 Å². The molecule has 0 heterocycles. The fraction of sp³-hybridized carbons (Fsp3) is 0.750. The number of hydrogen-bond donors (Lipinski definition) is 1. The van der Waals surface area contributed by atoms with E-state index in [1.165, 1.54) is 44.9 Å². The third kappa shape index (κ3) is 10.7. The second kappa shape index (κ2) is 15.2. The van der Waals surface area contributed by atoms with E-state index in [4.69, 9.17) is 14.6 Å². The molecule has 1 aromatic carbocycles. The highest BCUT2D eigenvalue weighted by Crippen LogP contribution is 2.34. The van der Waals surface area contributed by atoms with Crippen molar-refractivity contribution in [1.29, 1.82) is 0 Å². The molecule has 1 aromatic rings. The molecule has 1 rings (SSSR count). The van der Waals surface area contributed by atoms with Crippen LogP contribution in [0.25, 0.3) is 0 Å². The van der Waals surface area contributed by atoms with Crippen LogP contribution in [-0.4, -0.2) is 24.3 Å². The molecule has 4 heteroatoms. The molecule has 0 amide bonds. The molecule has 2 atom stereocenters. The Morgan fingerprint density at radius 3 is 1.97 bits per heavy atom. The van der Waals surface area contributed by atoms with Crippen molar-refractivity contribution in [3.63, 3.8) is 0 Å². The van der Waals surface area contributed by atoms with E-state index in [1.807, 2.05) is 19.9 Å². The molecule has 0 aliphatic heterocycles. The van der Waals surface area contributed by atoms with Crippen LogP contribution in [0.2, 0.25) is 0 Å². The number of carboxylic acid groups (broad SMARTS) is 1. The quantitative estimate of drug-likeness (QED) is 0.247. The Balaban J connectivity index is 2.40. The number of carbonyl (C=O) groups is 1. The maximum Gasteiger partial charge on any atom is 0.341 e. The Morgan fingerprint density at radius 2 is 1.44 bits per heavy atom. The predicted octanol–water partition coefficient (Wildman–Crippen LogP) is 7.76. The Kier molecular flexibility index (Phi) is 13.4. The van der Waals surface area contributed by atoms with Crippen molar-refractivity contribution >= 4 is 5.97 Å². The summed E-state index contributed by atoms with van der Waals surface area (Å²) in [4.78, 5) is 10.8. The molecule has 1 N–H and O–H groups in total. The molecule has 0 aliphatic carbocycles. The molecule has 0 bridgehead atoms. The Bertz CT molecular complexity index is 681. The van der Waals surface area contributed by atoms with Gasteiger partial charge in [0, 0.05) is 0 Å². The van der Waals surface area contributed by atoms with Crippen LogP contribution in [0.3, 0.4) is 0 Å². The summed E-state index contributed by atoms with van der Waals surface area (Å²) in [6.07, 6.45) is 11.2. The van der Waals surface area contributed by atoms with Crippen molar-refractivity contribution < 1.29 is 19.4 Å². The minimum absolute atomic E-state index is 0.321. The summed E-state index contributed by atoms with van der Waals surface area (Å²) in [6, 6.07) is 1.94. The van der Waals surface area contributed by atoms with Crippen LogP contribution in [0.5, 0.6) is 11.5 Å². The minimum atomic E-state index is -0.963. The number of aliphatic carboxylic acids is 1. The van der Waals surface area contributed by atoms with E-state index in [0.717, 1.165) is 59.6 Å². The SMILES string of the molecule is CCc1cc(OCC(=O)O)c(C)c(C)c1OCCC[C@H](C)CCC[C@H](C)CCCC(C)C. The zero-order chi connectivity index (χ0) is 24.1. The molecular weight excluding hydrogens is 400 g/mol. The van der Waals surface area contributed by atoms with Gasteiger partial charge < -0.3 is 14.6 Å². The standard InChI is InChI=1S/C28H48O4/c1-8-25-18-26(32-19-27(29)30)23(6)24(7)28(25)31-17-11-16-22(5)15-10-14-21(4)13-9-12-20(2)3/h18,20-22H,8-17,19H2,1-7H3,(H,29,30)/t21-,22-/m1/s1. The van der Waals surface area contributed by atoms with Gasteiger partial charge in [-0.25, -0.2) is 4.79 Å². The van der Waals surface area contributed by atoms with Gasteiger partial charge in [-0.3, -0.25) is 0 Å². The first kappa shape index (κ1) is 28.3. The van der Waals surface area contributed by atoms with Gasteiger partial charge in [0.05, 0.1) is 6.61 Å². The summed E-state index contributed by atoms with van der Waals surface area (Å²) < 4.78 is 11.7. The van der Waals surface area contributed by atoms with Crippen molar-refractivity contribution in [3.8, 4) is 11.5 Å². The molecule has 0 saturated heterocycles. The minimum Gasteiger partial charge on any atom is -0.493 e. The second-order valence-corrected chi connectivity index (χ2v) is 10.1. The summed E-state index contributed by atoms with van der Waals surface area (Å²) in [5.74, 6) is 3.03. The van der Waals surface area contributed by atoms with Crippen LogP contribution in [0.15, 0.2) is 6.07 Å². The first-order valence-corrected chi connectivity index (χ1v) is 12.8. The van der Waals surface area contributed by atoms with Gasteiger partial charge in [0.25, 0.3) is 0 Å². The van der Waals surface area contributed by atoms with Crippen LogP contribution in [0.1, 0.15) is 103 Å². The molecule has 0 spiro atoms. The lowest BCUT2D eigenvalue weighted by atomic mass is 9.92. The Labute approximate surface area is 197 Å². The first-order valence-electron chi connectivity index (χ1n) is 12.8. The third-order valence-corrected chi connectivity index (χ3v) is 6.56. The largest absolute Gasteiger partial charge is 0.493 e. The summed E-state index contributed by atoms with van der Waals surface area (Å²) in [5, 5.41) is 8.89. The van der Waals surface area contributed by atoms with E-state index in [0.29, 0.717) is 5.75 Å². The zero-order valence-electron chi connectivity index (χ0n) is 21.8. The molecular formula is C28H48O4. The molecule has 184 valence electrons. The summed E-state index contributed by atoms with van der Waals surface area (Å²) in [6.45, 7) is 15.9. The van der Waals surface area contributed by atoms with Gasteiger partial charge >= 0.3 is 5.97 Å². The third-order valence-electron chi connectivity index (χ3n) is 6.56. The fourth-order valence-electron chi connectivity index (χ4n) is 4.26. The average molecular weight is 449 g/mol. The van der Waals surface area contributed by atoms with Gasteiger partial charge in [0.1, 0.15) is 11.5 Å². The number of ether oxygens (including phenoxy) is 2. The Hall–Kier alpha value is -1.71. The summed E-state index contributed by atoms with van der Waals surface area (Å²) in [5.41, 5.74) is 3.08.